The number of anilines is 1. The van der Waals surface area contributed by atoms with Crippen molar-refractivity contribution in [3.05, 3.63) is 23.9 Å². The van der Waals surface area contributed by atoms with Gasteiger partial charge in [-0.15, -0.1) is 0 Å². The van der Waals surface area contributed by atoms with Crippen molar-refractivity contribution in [2.45, 2.75) is 19.8 Å². The first-order valence-corrected chi connectivity index (χ1v) is 7.20. The summed E-state index contributed by atoms with van der Waals surface area (Å²) in [6.07, 6.45) is 0.529. The SMILES string of the molecule is Cc1cccc(NC(=O)CN(C)C(=O)C2=NN(C)C(=O)CC2)n1. The number of carbonyl (C=O) groups excluding carboxylic acids is 3. The van der Waals surface area contributed by atoms with Crippen LogP contribution in [0.4, 0.5) is 5.82 Å². The molecule has 0 unspecified atom stereocenters. The van der Waals surface area contributed by atoms with Crippen molar-refractivity contribution >= 4 is 29.3 Å². The Morgan fingerprint density at radius 2 is 2.09 bits per heavy atom. The minimum atomic E-state index is -0.364. The minimum absolute atomic E-state index is 0.120. The highest BCUT2D eigenvalue weighted by atomic mass is 16.2. The van der Waals surface area contributed by atoms with Gasteiger partial charge < -0.3 is 10.2 Å². The molecule has 1 aliphatic rings. The Balaban J connectivity index is 1.94. The van der Waals surface area contributed by atoms with Crippen molar-refractivity contribution < 1.29 is 14.4 Å². The second-order valence-electron chi connectivity index (χ2n) is 5.34. The number of amides is 3. The van der Waals surface area contributed by atoms with Gasteiger partial charge in [-0.05, 0) is 19.1 Å². The molecule has 3 amide bonds. The van der Waals surface area contributed by atoms with Gasteiger partial charge in [-0.3, -0.25) is 14.4 Å². The van der Waals surface area contributed by atoms with Crippen LogP contribution in [-0.4, -0.2) is 59.0 Å². The normalized spacial score (nSPS) is 14.3. The molecule has 0 aromatic carbocycles. The van der Waals surface area contributed by atoms with Gasteiger partial charge in [-0.25, -0.2) is 9.99 Å². The molecule has 0 saturated heterocycles. The van der Waals surface area contributed by atoms with E-state index in [-0.39, 0.29) is 42.8 Å². The van der Waals surface area contributed by atoms with E-state index >= 15 is 0 Å². The monoisotopic (exact) mass is 317 g/mol. The number of rotatable bonds is 4. The second kappa shape index (κ2) is 6.99. The molecular weight excluding hydrogens is 298 g/mol. The molecule has 0 spiro atoms. The number of likely N-dealkylation sites (N-methyl/N-ethyl adjacent to an activating group) is 1. The zero-order valence-electron chi connectivity index (χ0n) is 13.4. The van der Waals surface area contributed by atoms with Gasteiger partial charge in [-0.1, -0.05) is 6.07 Å². The molecule has 8 nitrogen and oxygen atoms in total. The zero-order valence-corrected chi connectivity index (χ0v) is 13.4. The zero-order chi connectivity index (χ0) is 17.0. The predicted octanol–water partition coefficient (Wildman–Crippen LogP) is 0.395. The summed E-state index contributed by atoms with van der Waals surface area (Å²) in [6, 6.07) is 5.29. The lowest BCUT2D eigenvalue weighted by Gasteiger charge is -2.22. The van der Waals surface area contributed by atoms with Crippen LogP contribution >= 0.6 is 0 Å². The highest BCUT2D eigenvalue weighted by molar-refractivity contribution is 6.39. The number of aryl methyl sites for hydroxylation is 1. The van der Waals surface area contributed by atoms with Crippen LogP contribution < -0.4 is 5.32 Å². The molecule has 1 aromatic heterocycles. The molecule has 122 valence electrons. The summed E-state index contributed by atoms with van der Waals surface area (Å²) in [4.78, 5) is 41.0. The van der Waals surface area contributed by atoms with Crippen molar-refractivity contribution in [1.82, 2.24) is 14.9 Å². The molecule has 1 aromatic rings. The number of hydrogen-bond donors (Lipinski definition) is 1. The van der Waals surface area contributed by atoms with Gasteiger partial charge in [0, 0.05) is 32.6 Å². The van der Waals surface area contributed by atoms with Gasteiger partial charge in [0.2, 0.25) is 11.8 Å². The van der Waals surface area contributed by atoms with Crippen molar-refractivity contribution in [2.75, 3.05) is 26.0 Å². The van der Waals surface area contributed by atoms with Crippen molar-refractivity contribution in [3.8, 4) is 0 Å². The molecule has 0 fully saturated rings. The van der Waals surface area contributed by atoms with Gasteiger partial charge >= 0.3 is 0 Å². The van der Waals surface area contributed by atoms with E-state index in [9.17, 15) is 14.4 Å². The standard InChI is InChI=1S/C15H19N5O3/c1-10-5-4-6-12(16-10)17-13(21)9-19(2)15(23)11-7-8-14(22)20(3)18-11/h4-6H,7-9H2,1-3H3,(H,16,17,21). The number of hydrazone groups is 1. The Labute approximate surface area is 134 Å². The maximum atomic E-state index is 12.3. The summed E-state index contributed by atoms with van der Waals surface area (Å²) in [5, 5.41) is 7.75. The summed E-state index contributed by atoms with van der Waals surface area (Å²) in [7, 11) is 3.02. The Morgan fingerprint density at radius 3 is 2.74 bits per heavy atom. The van der Waals surface area contributed by atoms with Crippen LogP contribution in [0.25, 0.3) is 0 Å². The molecule has 0 bridgehead atoms. The van der Waals surface area contributed by atoms with Gasteiger partial charge in [0.25, 0.3) is 5.91 Å². The second-order valence-corrected chi connectivity index (χ2v) is 5.34. The highest BCUT2D eigenvalue weighted by Gasteiger charge is 2.25. The molecule has 0 radical (unpaired) electrons. The van der Waals surface area contributed by atoms with E-state index in [0.717, 1.165) is 10.7 Å². The third-order valence-corrected chi connectivity index (χ3v) is 3.34. The predicted molar refractivity (Wildman–Crippen MR) is 84.7 cm³/mol. The summed E-state index contributed by atoms with van der Waals surface area (Å²) >= 11 is 0. The highest BCUT2D eigenvalue weighted by Crippen LogP contribution is 2.09. The van der Waals surface area contributed by atoms with E-state index in [0.29, 0.717) is 5.82 Å². The molecule has 1 aliphatic heterocycles. The third kappa shape index (κ3) is 4.35. The van der Waals surface area contributed by atoms with Crippen LogP contribution in [0, 0.1) is 6.92 Å². The quantitative estimate of drug-likeness (QED) is 0.869. The van der Waals surface area contributed by atoms with E-state index in [1.54, 1.807) is 12.1 Å². The molecule has 0 aliphatic carbocycles. The average molecular weight is 317 g/mol. The first-order chi connectivity index (χ1) is 10.9. The average Bonchev–Trinajstić information content (AvgIpc) is 2.49. The molecule has 1 N–H and O–H groups in total. The lowest BCUT2D eigenvalue weighted by Crippen LogP contribution is -2.41. The number of nitrogens with one attached hydrogen (secondary N) is 1. The fourth-order valence-corrected chi connectivity index (χ4v) is 2.13. The maximum absolute atomic E-state index is 12.3. The van der Waals surface area contributed by atoms with Crippen LogP contribution in [0.15, 0.2) is 23.3 Å². The largest absolute Gasteiger partial charge is 0.331 e. The van der Waals surface area contributed by atoms with Crippen LogP contribution in [0.2, 0.25) is 0 Å². The number of pyridine rings is 1. The van der Waals surface area contributed by atoms with Crippen LogP contribution in [-0.2, 0) is 14.4 Å². The van der Waals surface area contributed by atoms with Gasteiger partial charge in [0.1, 0.15) is 11.5 Å². The maximum Gasteiger partial charge on any atom is 0.270 e. The number of aromatic nitrogens is 1. The molecule has 0 saturated carbocycles. The fourth-order valence-electron chi connectivity index (χ4n) is 2.13. The Morgan fingerprint density at radius 1 is 1.35 bits per heavy atom. The summed E-state index contributed by atoms with van der Waals surface area (Å²) in [5.74, 6) is -0.403. The van der Waals surface area contributed by atoms with E-state index in [2.05, 4.69) is 15.4 Å². The van der Waals surface area contributed by atoms with E-state index in [1.807, 2.05) is 13.0 Å². The summed E-state index contributed by atoms with van der Waals surface area (Å²) in [6.45, 7) is 1.70. The lowest BCUT2D eigenvalue weighted by atomic mass is 10.1. The molecule has 8 heteroatoms. The smallest absolute Gasteiger partial charge is 0.270 e. The molecular formula is C15H19N5O3. The Kier molecular flexibility index (Phi) is 5.05. The lowest BCUT2D eigenvalue weighted by molar-refractivity contribution is -0.131. The van der Waals surface area contributed by atoms with Crippen molar-refractivity contribution in [1.29, 1.82) is 0 Å². The first kappa shape index (κ1) is 16.6. The number of hydrogen-bond acceptors (Lipinski definition) is 5. The Hall–Kier alpha value is -2.77. The minimum Gasteiger partial charge on any atom is -0.331 e. The fraction of sp³-hybridized carbons (Fsp3) is 0.400. The van der Waals surface area contributed by atoms with E-state index in [4.69, 9.17) is 0 Å². The van der Waals surface area contributed by atoms with Gasteiger partial charge in [0.05, 0.1) is 6.54 Å². The van der Waals surface area contributed by atoms with Crippen LogP contribution in [0.5, 0.6) is 0 Å². The molecule has 2 rings (SSSR count). The van der Waals surface area contributed by atoms with Gasteiger partial charge in [0.15, 0.2) is 0 Å². The third-order valence-electron chi connectivity index (χ3n) is 3.34. The summed E-state index contributed by atoms with van der Waals surface area (Å²) < 4.78 is 0. The molecule has 2 heterocycles. The van der Waals surface area contributed by atoms with Gasteiger partial charge in [-0.2, -0.15) is 5.10 Å². The summed E-state index contributed by atoms with van der Waals surface area (Å²) in [5.41, 5.74) is 1.06. The molecule has 23 heavy (non-hydrogen) atoms. The Bertz CT molecular complexity index is 671. The first-order valence-electron chi connectivity index (χ1n) is 7.20. The van der Waals surface area contributed by atoms with E-state index in [1.165, 1.54) is 19.0 Å². The van der Waals surface area contributed by atoms with Crippen molar-refractivity contribution in [3.63, 3.8) is 0 Å². The van der Waals surface area contributed by atoms with Crippen LogP contribution in [0.3, 0.4) is 0 Å². The number of carbonyl (C=O) groups is 3. The van der Waals surface area contributed by atoms with Crippen molar-refractivity contribution in [2.24, 2.45) is 5.10 Å². The molecule has 0 atom stereocenters. The van der Waals surface area contributed by atoms with E-state index < -0.39 is 0 Å². The number of nitrogens with zero attached hydrogens (tertiary/aromatic N) is 4. The van der Waals surface area contributed by atoms with Crippen LogP contribution in [0.1, 0.15) is 18.5 Å². The topological polar surface area (TPSA) is 95.0 Å².